The summed E-state index contributed by atoms with van der Waals surface area (Å²) in [7, 11) is 0. The Labute approximate surface area is 84.2 Å². The molecule has 2 aromatic rings. The second-order valence-corrected chi connectivity index (χ2v) is 3.22. The molecule has 2 N–H and O–H groups in total. The van der Waals surface area contributed by atoms with Gasteiger partial charge in [-0.3, -0.25) is 4.98 Å². The summed E-state index contributed by atoms with van der Waals surface area (Å²) in [6, 6.07) is 4.67. The summed E-state index contributed by atoms with van der Waals surface area (Å²) >= 11 is 4.88. The van der Waals surface area contributed by atoms with E-state index < -0.39 is 5.97 Å². The van der Waals surface area contributed by atoms with Crippen molar-refractivity contribution in [2.24, 2.45) is 0 Å². The quantitative estimate of drug-likeness (QED) is 0.700. The molecule has 0 radical (unpaired) electrons. The molecule has 0 atom stereocenters. The first kappa shape index (κ1) is 8.83. The molecule has 14 heavy (non-hydrogen) atoms. The number of carboxylic acid groups (broad SMARTS) is 1. The van der Waals surface area contributed by atoms with Crippen molar-refractivity contribution >= 4 is 29.2 Å². The monoisotopic (exact) mass is 206 g/mol. The summed E-state index contributed by atoms with van der Waals surface area (Å²) in [4.78, 5) is 17.6. The minimum absolute atomic E-state index is 0.219. The maximum atomic E-state index is 10.7. The number of aromatic nitrogens is 2. The molecule has 0 saturated carbocycles. The maximum absolute atomic E-state index is 10.7. The van der Waals surface area contributed by atoms with Crippen molar-refractivity contribution in [2.45, 2.75) is 0 Å². The fraction of sp³-hybridized carbons (Fsp3) is 0. The van der Waals surface area contributed by atoms with Gasteiger partial charge in [-0.15, -0.1) is 0 Å². The summed E-state index contributed by atoms with van der Waals surface area (Å²) in [6.45, 7) is 0. The molecule has 0 aliphatic carbocycles. The van der Waals surface area contributed by atoms with Crippen LogP contribution < -0.4 is 0 Å². The third kappa shape index (κ3) is 1.49. The average Bonchev–Trinajstić information content (AvgIpc) is 2.16. The predicted molar refractivity (Wildman–Crippen MR) is 53.9 cm³/mol. The third-order valence-electron chi connectivity index (χ3n) is 1.82. The maximum Gasteiger partial charge on any atom is 0.335 e. The molecular weight excluding hydrogens is 200 g/mol. The molecule has 0 saturated heterocycles. The summed E-state index contributed by atoms with van der Waals surface area (Å²) in [6.07, 6.45) is 1.53. The van der Waals surface area contributed by atoms with Crippen LogP contribution in [0.1, 0.15) is 10.4 Å². The minimum atomic E-state index is -0.963. The number of fused-ring (bicyclic) bond motifs is 1. The van der Waals surface area contributed by atoms with Crippen molar-refractivity contribution < 1.29 is 9.90 Å². The van der Waals surface area contributed by atoms with Crippen molar-refractivity contribution in [2.75, 3.05) is 0 Å². The lowest BCUT2D eigenvalue weighted by Gasteiger charge is -1.98. The largest absolute Gasteiger partial charge is 0.478 e. The van der Waals surface area contributed by atoms with Crippen LogP contribution in [0, 0.1) is 4.64 Å². The van der Waals surface area contributed by atoms with Crippen molar-refractivity contribution in [3.05, 3.63) is 34.6 Å². The van der Waals surface area contributed by atoms with E-state index in [-0.39, 0.29) is 5.56 Å². The first-order valence-electron chi connectivity index (χ1n) is 3.89. The van der Waals surface area contributed by atoms with Crippen LogP contribution in [0.5, 0.6) is 0 Å². The molecule has 0 unspecified atom stereocenters. The summed E-state index contributed by atoms with van der Waals surface area (Å²) in [5, 5.41) is 8.75. The Morgan fingerprint density at radius 2 is 2.29 bits per heavy atom. The van der Waals surface area contributed by atoms with Gasteiger partial charge in [-0.05, 0) is 18.2 Å². The number of nitrogens with one attached hydrogen (secondary N) is 1. The van der Waals surface area contributed by atoms with Gasteiger partial charge >= 0.3 is 5.97 Å². The second-order valence-electron chi connectivity index (χ2n) is 2.78. The Bertz CT molecular complexity index is 562. The summed E-state index contributed by atoms with van der Waals surface area (Å²) < 4.78 is 0.486. The summed E-state index contributed by atoms with van der Waals surface area (Å²) in [5.74, 6) is -0.963. The van der Waals surface area contributed by atoms with E-state index in [1.54, 1.807) is 6.07 Å². The Morgan fingerprint density at radius 3 is 3.00 bits per heavy atom. The first-order valence-corrected chi connectivity index (χ1v) is 4.30. The molecule has 1 aromatic carbocycles. The standard InChI is InChI=1S/C9H6N2O2S/c12-9(13)5-1-2-6-7(3-5)11-8(14)4-10-6/h1-4H,(H,11,14)(H,12,13). The van der Waals surface area contributed by atoms with Gasteiger partial charge in [0.1, 0.15) is 4.64 Å². The second kappa shape index (κ2) is 3.19. The molecule has 0 aliphatic heterocycles. The topological polar surface area (TPSA) is 66.0 Å². The highest BCUT2D eigenvalue weighted by molar-refractivity contribution is 7.71. The van der Waals surface area contributed by atoms with Crippen LogP contribution in [0.2, 0.25) is 0 Å². The number of hydrogen-bond donors (Lipinski definition) is 2. The average molecular weight is 206 g/mol. The Hall–Kier alpha value is -1.75. The molecule has 1 aromatic heterocycles. The molecule has 2 rings (SSSR count). The lowest BCUT2D eigenvalue weighted by Crippen LogP contribution is -1.96. The van der Waals surface area contributed by atoms with Crippen molar-refractivity contribution in [3.63, 3.8) is 0 Å². The number of nitrogens with zero attached hydrogens (tertiary/aromatic N) is 1. The number of aromatic carboxylic acids is 1. The number of rotatable bonds is 1. The molecule has 0 aliphatic rings. The van der Waals surface area contributed by atoms with E-state index >= 15 is 0 Å². The molecule has 70 valence electrons. The van der Waals surface area contributed by atoms with E-state index in [0.29, 0.717) is 15.7 Å². The van der Waals surface area contributed by atoms with Gasteiger partial charge in [-0.25, -0.2) is 4.79 Å². The normalized spacial score (nSPS) is 10.3. The van der Waals surface area contributed by atoms with E-state index in [1.165, 1.54) is 18.3 Å². The van der Waals surface area contributed by atoms with Crippen LogP contribution in [0.3, 0.4) is 0 Å². The third-order valence-corrected chi connectivity index (χ3v) is 2.03. The van der Waals surface area contributed by atoms with E-state index in [9.17, 15) is 4.79 Å². The van der Waals surface area contributed by atoms with Gasteiger partial charge in [-0.1, -0.05) is 12.2 Å². The van der Waals surface area contributed by atoms with Gasteiger partial charge in [0.25, 0.3) is 0 Å². The molecule has 0 fully saturated rings. The van der Waals surface area contributed by atoms with Crippen LogP contribution in [0.15, 0.2) is 24.4 Å². The van der Waals surface area contributed by atoms with Crippen molar-refractivity contribution in [1.29, 1.82) is 0 Å². The van der Waals surface area contributed by atoms with Crippen LogP contribution in [0.25, 0.3) is 11.0 Å². The van der Waals surface area contributed by atoms with Gasteiger partial charge in [0.2, 0.25) is 0 Å². The zero-order valence-corrected chi connectivity index (χ0v) is 7.84. The zero-order chi connectivity index (χ0) is 10.1. The molecule has 0 amide bonds. The first-order chi connectivity index (χ1) is 6.66. The lowest BCUT2D eigenvalue weighted by atomic mass is 10.2. The van der Waals surface area contributed by atoms with E-state index in [0.717, 1.165) is 0 Å². The molecule has 0 bridgehead atoms. The molecule has 5 heteroatoms. The van der Waals surface area contributed by atoms with Gasteiger partial charge in [0, 0.05) is 0 Å². The highest BCUT2D eigenvalue weighted by Crippen LogP contribution is 2.11. The summed E-state index contributed by atoms with van der Waals surface area (Å²) in [5.41, 5.74) is 1.55. The fourth-order valence-electron chi connectivity index (χ4n) is 1.17. The Balaban J connectivity index is 2.75. The zero-order valence-electron chi connectivity index (χ0n) is 7.02. The number of carbonyl (C=O) groups is 1. The van der Waals surface area contributed by atoms with Crippen molar-refractivity contribution in [1.82, 2.24) is 9.97 Å². The smallest absolute Gasteiger partial charge is 0.335 e. The van der Waals surface area contributed by atoms with E-state index in [4.69, 9.17) is 17.3 Å². The van der Waals surface area contributed by atoms with Crippen LogP contribution >= 0.6 is 12.2 Å². The number of benzene rings is 1. The van der Waals surface area contributed by atoms with Crippen molar-refractivity contribution in [3.8, 4) is 0 Å². The SMILES string of the molecule is O=C(O)c1ccc2ncc(=S)[nH]c2c1. The predicted octanol–water partition coefficient (Wildman–Crippen LogP) is 1.99. The van der Waals surface area contributed by atoms with Crippen LogP contribution in [0.4, 0.5) is 0 Å². The van der Waals surface area contributed by atoms with Gasteiger partial charge in [-0.2, -0.15) is 0 Å². The van der Waals surface area contributed by atoms with Gasteiger partial charge in [0.05, 0.1) is 22.8 Å². The van der Waals surface area contributed by atoms with E-state index in [1.807, 2.05) is 0 Å². The van der Waals surface area contributed by atoms with Gasteiger partial charge in [0.15, 0.2) is 0 Å². The number of carboxylic acids is 1. The Morgan fingerprint density at radius 1 is 1.50 bits per heavy atom. The van der Waals surface area contributed by atoms with Crippen LogP contribution in [-0.4, -0.2) is 21.0 Å². The molecule has 1 heterocycles. The Kier molecular flexibility index (Phi) is 2.01. The van der Waals surface area contributed by atoms with Crippen LogP contribution in [-0.2, 0) is 0 Å². The van der Waals surface area contributed by atoms with Gasteiger partial charge < -0.3 is 10.1 Å². The highest BCUT2D eigenvalue weighted by Gasteiger charge is 2.03. The molecule has 4 nitrogen and oxygen atoms in total. The number of hydrogen-bond acceptors (Lipinski definition) is 3. The van der Waals surface area contributed by atoms with E-state index in [2.05, 4.69) is 9.97 Å². The number of aromatic amines is 1. The minimum Gasteiger partial charge on any atom is -0.478 e. The number of H-pyrrole nitrogens is 1. The highest BCUT2D eigenvalue weighted by atomic mass is 32.1. The molecular formula is C9H6N2O2S. The molecule has 0 spiro atoms. The fourth-order valence-corrected chi connectivity index (χ4v) is 1.34. The lowest BCUT2D eigenvalue weighted by molar-refractivity contribution is 0.0697.